The van der Waals surface area contributed by atoms with E-state index >= 15 is 0 Å². The number of hydrogen-bond acceptors (Lipinski definition) is 3. The number of nitrogens with one attached hydrogen (secondary N) is 1. The second-order valence-corrected chi connectivity index (χ2v) is 6.07. The van der Waals surface area contributed by atoms with Crippen molar-refractivity contribution in [1.82, 2.24) is 5.32 Å². The normalized spacial score (nSPS) is 15.3. The van der Waals surface area contributed by atoms with Crippen molar-refractivity contribution in [2.75, 3.05) is 25.1 Å². The van der Waals surface area contributed by atoms with E-state index in [1.807, 2.05) is 36.4 Å². The summed E-state index contributed by atoms with van der Waals surface area (Å²) in [7, 11) is 1.56. The summed E-state index contributed by atoms with van der Waals surface area (Å²) >= 11 is 0. The second-order valence-electron chi connectivity index (χ2n) is 6.07. The minimum atomic E-state index is -0.579. The molecule has 0 radical (unpaired) electrons. The molecule has 0 bridgehead atoms. The molecule has 2 aromatic carbocycles. The van der Waals surface area contributed by atoms with Gasteiger partial charge in [-0.15, -0.1) is 0 Å². The number of nitrogens with zero attached hydrogens (tertiary/aromatic N) is 1. The van der Waals surface area contributed by atoms with Crippen LogP contribution in [0, 0.1) is 0 Å². The molecule has 1 atom stereocenters. The number of para-hydroxylation sites is 1. The van der Waals surface area contributed by atoms with Gasteiger partial charge >= 0.3 is 0 Å². The van der Waals surface area contributed by atoms with E-state index in [1.54, 1.807) is 7.11 Å². The smallest absolute Gasteiger partial charge is 0.254 e. The van der Waals surface area contributed by atoms with Crippen molar-refractivity contribution in [2.24, 2.45) is 0 Å². The Hall–Kier alpha value is -2.33. The summed E-state index contributed by atoms with van der Waals surface area (Å²) in [6.07, 6.45) is 1.89. The highest BCUT2D eigenvalue weighted by atomic mass is 16.5. The lowest BCUT2D eigenvalue weighted by Crippen LogP contribution is -2.30. The Balaban J connectivity index is 1.68. The van der Waals surface area contributed by atoms with Crippen molar-refractivity contribution >= 4 is 11.6 Å². The average molecular weight is 324 g/mol. The molecule has 0 saturated carbocycles. The van der Waals surface area contributed by atoms with Crippen molar-refractivity contribution in [2.45, 2.75) is 25.5 Å². The molecular formula is C20H24N2O2. The monoisotopic (exact) mass is 324 g/mol. The van der Waals surface area contributed by atoms with Crippen LogP contribution in [0.4, 0.5) is 5.69 Å². The van der Waals surface area contributed by atoms with Crippen molar-refractivity contribution in [1.29, 1.82) is 0 Å². The Morgan fingerprint density at radius 2 is 1.75 bits per heavy atom. The highest BCUT2D eigenvalue weighted by Crippen LogP contribution is 2.24. The van der Waals surface area contributed by atoms with Gasteiger partial charge in [0.05, 0.1) is 0 Å². The van der Waals surface area contributed by atoms with Crippen LogP contribution in [0.2, 0.25) is 0 Å². The summed E-state index contributed by atoms with van der Waals surface area (Å²) in [5.41, 5.74) is 3.24. The number of hydrogen-bond donors (Lipinski definition) is 1. The van der Waals surface area contributed by atoms with Crippen molar-refractivity contribution in [3.8, 4) is 0 Å². The molecule has 126 valence electrons. The fraction of sp³-hybridized carbons (Fsp3) is 0.350. The predicted molar refractivity (Wildman–Crippen MR) is 95.9 cm³/mol. The number of anilines is 1. The lowest BCUT2D eigenvalue weighted by Gasteiger charge is -2.22. The van der Waals surface area contributed by atoms with Gasteiger partial charge in [-0.3, -0.25) is 4.79 Å². The maximum atomic E-state index is 12.5. The maximum Gasteiger partial charge on any atom is 0.254 e. The molecule has 24 heavy (non-hydrogen) atoms. The Kier molecular flexibility index (Phi) is 5.49. The Bertz CT molecular complexity index is 666. The zero-order valence-corrected chi connectivity index (χ0v) is 14.1. The van der Waals surface area contributed by atoms with Crippen LogP contribution in [0.5, 0.6) is 0 Å². The first-order valence-corrected chi connectivity index (χ1v) is 8.48. The number of benzene rings is 2. The molecular weight excluding hydrogens is 300 g/mol. The van der Waals surface area contributed by atoms with Crippen LogP contribution in [0.1, 0.15) is 30.1 Å². The van der Waals surface area contributed by atoms with Crippen LogP contribution in [-0.4, -0.2) is 26.1 Å². The largest absolute Gasteiger partial charge is 0.371 e. The maximum absolute atomic E-state index is 12.5. The van der Waals surface area contributed by atoms with Gasteiger partial charge in [0.1, 0.15) is 0 Å². The summed E-state index contributed by atoms with van der Waals surface area (Å²) in [5, 5.41) is 3.02. The van der Waals surface area contributed by atoms with Gasteiger partial charge in [0.25, 0.3) is 5.91 Å². The van der Waals surface area contributed by atoms with Gasteiger partial charge in [-0.25, -0.2) is 0 Å². The lowest BCUT2D eigenvalue weighted by molar-refractivity contribution is -0.131. The second kappa shape index (κ2) is 7.97. The molecule has 1 fully saturated rings. The molecule has 1 aliphatic heterocycles. The van der Waals surface area contributed by atoms with Crippen molar-refractivity contribution in [3.05, 3.63) is 65.7 Å². The molecule has 1 saturated heterocycles. The first-order chi connectivity index (χ1) is 11.8. The van der Waals surface area contributed by atoms with Gasteiger partial charge in [-0.2, -0.15) is 0 Å². The summed E-state index contributed by atoms with van der Waals surface area (Å²) in [4.78, 5) is 14.9. The predicted octanol–water partition coefficient (Wildman–Crippen LogP) is 3.29. The molecule has 0 aliphatic carbocycles. The molecule has 1 heterocycles. The van der Waals surface area contributed by atoms with Gasteiger partial charge in [0, 0.05) is 32.4 Å². The standard InChI is InChI=1S/C20H24N2O2/c1-24-19(16-9-3-2-4-10-16)20(23)21-15-17-11-5-6-12-18(17)22-13-7-8-14-22/h2-6,9-12,19H,7-8,13-15H2,1H3,(H,21,23)/t19-/m1/s1. The molecule has 0 aromatic heterocycles. The molecule has 0 spiro atoms. The third-order valence-corrected chi connectivity index (χ3v) is 4.47. The fourth-order valence-corrected chi connectivity index (χ4v) is 3.22. The highest BCUT2D eigenvalue weighted by Gasteiger charge is 2.20. The van der Waals surface area contributed by atoms with E-state index in [0.29, 0.717) is 6.54 Å². The number of carbonyl (C=O) groups is 1. The molecule has 3 rings (SSSR count). The van der Waals surface area contributed by atoms with E-state index in [-0.39, 0.29) is 5.91 Å². The summed E-state index contributed by atoms with van der Waals surface area (Å²) in [5.74, 6) is -0.111. The lowest BCUT2D eigenvalue weighted by atomic mass is 10.1. The van der Waals surface area contributed by atoms with Gasteiger partial charge < -0.3 is 15.0 Å². The summed E-state index contributed by atoms with van der Waals surface area (Å²) in [6.45, 7) is 2.70. The average Bonchev–Trinajstić information content (AvgIpc) is 3.16. The van der Waals surface area contributed by atoms with E-state index < -0.39 is 6.10 Å². The first kappa shape index (κ1) is 16.5. The van der Waals surface area contributed by atoms with Gasteiger partial charge in [0.2, 0.25) is 0 Å². The summed E-state index contributed by atoms with van der Waals surface area (Å²) in [6, 6.07) is 17.9. The summed E-state index contributed by atoms with van der Waals surface area (Å²) < 4.78 is 5.39. The molecule has 0 unspecified atom stereocenters. The zero-order chi connectivity index (χ0) is 16.8. The van der Waals surface area contributed by atoms with Gasteiger partial charge in [-0.1, -0.05) is 48.5 Å². The van der Waals surface area contributed by atoms with Gasteiger partial charge in [0.15, 0.2) is 6.10 Å². The fourth-order valence-electron chi connectivity index (χ4n) is 3.22. The van der Waals surface area contributed by atoms with Crippen LogP contribution in [-0.2, 0) is 16.1 Å². The molecule has 4 heteroatoms. The third-order valence-electron chi connectivity index (χ3n) is 4.47. The molecule has 4 nitrogen and oxygen atoms in total. The third kappa shape index (κ3) is 3.77. The van der Waals surface area contributed by atoms with Crippen LogP contribution in [0.25, 0.3) is 0 Å². The van der Waals surface area contributed by atoms with Gasteiger partial charge in [-0.05, 0) is 30.0 Å². The Morgan fingerprint density at radius 1 is 1.08 bits per heavy atom. The number of ether oxygens (including phenoxy) is 1. The minimum absolute atomic E-state index is 0.111. The van der Waals surface area contributed by atoms with E-state index in [4.69, 9.17) is 4.74 Å². The Labute approximate surface area is 143 Å². The van der Waals surface area contributed by atoms with E-state index in [2.05, 4.69) is 28.4 Å². The van der Waals surface area contributed by atoms with Crippen molar-refractivity contribution in [3.63, 3.8) is 0 Å². The molecule has 1 N–H and O–H groups in total. The minimum Gasteiger partial charge on any atom is -0.371 e. The number of amides is 1. The highest BCUT2D eigenvalue weighted by molar-refractivity contribution is 5.82. The first-order valence-electron chi connectivity index (χ1n) is 8.48. The zero-order valence-electron chi connectivity index (χ0n) is 14.1. The number of methoxy groups -OCH3 is 1. The van der Waals surface area contributed by atoms with E-state index in [0.717, 1.165) is 24.2 Å². The molecule has 2 aromatic rings. The van der Waals surface area contributed by atoms with Crippen LogP contribution < -0.4 is 10.2 Å². The number of carbonyl (C=O) groups excluding carboxylic acids is 1. The topological polar surface area (TPSA) is 41.6 Å². The van der Waals surface area contributed by atoms with Crippen LogP contribution in [0.3, 0.4) is 0 Å². The number of rotatable bonds is 6. The van der Waals surface area contributed by atoms with Crippen LogP contribution in [0.15, 0.2) is 54.6 Å². The molecule has 1 aliphatic rings. The van der Waals surface area contributed by atoms with E-state index in [9.17, 15) is 4.79 Å². The van der Waals surface area contributed by atoms with E-state index in [1.165, 1.54) is 18.5 Å². The quantitative estimate of drug-likeness (QED) is 0.886. The SMILES string of the molecule is CO[C@@H](C(=O)NCc1ccccc1N1CCCC1)c1ccccc1. The molecule has 1 amide bonds. The van der Waals surface area contributed by atoms with Crippen molar-refractivity contribution < 1.29 is 9.53 Å². The Morgan fingerprint density at radius 3 is 2.46 bits per heavy atom. The van der Waals surface area contributed by atoms with Crippen LogP contribution >= 0.6 is 0 Å².